The van der Waals surface area contributed by atoms with Gasteiger partial charge >= 0.3 is 0 Å². The number of sulfonamides is 1. The van der Waals surface area contributed by atoms with Crippen LogP contribution in [0.25, 0.3) is 0 Å². The third-order valence-electron chi connectivity index (χ3n) is 2.05. The summed E-state index contributed by atoms with van der Waals surface area (Å²) in [6.07, 6.45) is 2.40. The first-order valence-electron chi connectivity index (χ1n) is 4.00. The van der Waals surface area contributed by atoms with Gasteiger partial charge in [-0.05, 0) is 25.7 Å². The van der Waals surface area contributed by atoms with Crippen molar-refractivity contribution in [2.45, 2.75) is 19.8 Å². The van der Waals surface area contributed by atoms with Gasteiger partial charge in [-0.3, -0.25) is 0 Å². The molecule has 1 rings (SSSR count). The lowest BCUT2D eigenvalue weighted by atomic mass is 10.4. The van der Waals surface area contributed by atoms with E-state index in [-0.39, 0.29) is 5.75 Å². The van der Waals surface area contributed by atoms with Crippen LogP contribution in [0.3, 0.4) is 0 Å². The monoisotopic (exact) mass is 177 g/mol. The first-order chi connectivity index (χ1) is 5.06. The standard InChI is InChI=1S/C7H15NO2S/c1-3-11(9,10)8(2)6-7-4-5-7/h7H,3-6H2,1-2H3. The highest BCUT2D eigenvalue weighted by atomic mass is 32.2. The van der Waals surface area contributed by atoms with Crippen LogP contribution < -0.4 is 0 Å². The third-order valence-corrected chi connectivity index (χ3v) is 3.88. The van der Waals surface area contributed by atoms with Gasteiger partial charge in [-0.1, -0.05) is 0 Å². The van der Waals surface area contributed by atoms with E-state index in [1.807, 2.05) is 0 Å². The van der Waals surface area contributed by atoms with Gasteiger partial charge in [-0.2, -0.15) is 0 Å². The average molecular weight is 177 g/mol. The molecule has 0 saturated heterocycles. The average Bonchev–Trinajstić information content (AvgIpc) is 2.72. The Balaban J connectivity index is 2.44. The van der Waals surface area contributed by atoms with E-state index in [0.29, 0.717) is 5.92 Å². The van der Waals surface area contributed by atoms with Crippen LogP contribution in [-0.2, 0) is 10.0 Å². The SMILES string of the molecule is CCS(=O)(=O)N(C)CC1CC1. The first-order valence-corrected chi connectivity index (χ1v) is 5.61. The lowest BCUT2D eigenvalue weighted by Crippen LogP contribution is -2.30. The first kappa shape index (κ1) is 9.00. The molecule has 11 heavy (non-hydrogen) atoms. The van der Waals surface area contributed by atoms with Crippen molar-refractivity contribution in [1.29, 1.82) is 0 Å². The third kappa shape index (κ3) is 2.45. The molecule has 0 N–H and O–H groups in total. The van der Waals surface area contributed by atoms with Gasteiger partial charge in [0.1, 0.15) is 0 Å². The molecule has 0 aliphatic heterocycles. The molecular weight excluding hydrogens is 162 g/mol. The number of hydrogen-bond acceptors (Lipinski definition) is 2. The maximum absolute atomic E-state index is 11.2. The molecule has 1 aliphatic carbocycles. The number of hydrogen-bond donors (Lipinski definition) is 0. The van der Waals surface area contributed by atoms with E-state index in [1.54, 1.807) is 14.0 Å². The highest BCUT2D eigenvalue weighted by molar-refractivity contribution is 7.89. The van der Waals surface area contributed by atoms with Crippen LogP contribution in [0.15, 0.2) is 0 Å². The van der Waals surface area contributed by atoms with E-state index in [2.05, 4.69) is 0 Å². The molecule has 0 amide bonds. The molecule has 0 bridgehead atoms. The van der Waals surface area contributed by atoms with Crippen molar-refractivity contribution in [1.82, 2.24) is 4.31 Å². The molecule has 4 heteroatoms. The molecule has 0 unspecified atom stereocenters. The normalized spacial score (nSPS) is 19.2. The van der Waals surface area contributed by atoms with Crippen LogP contribution in [-0.4, -0.2) is 32.1 Å². The summed E-state index contributed by atoms with van der Waals surface area (Å²) < 4.78 is 23.9. The van der Waals surface area contributed by atoms with Crippen molar-refractivity contribution in [3.8, 4) is 0 Å². The Hall–Kier alpha value is -0.0900. The second kappa shape index (κ2) is 3.11. The molecule has 0 aromatic rings. The maximum Gasteiger partial charge on any atom is 0.213 e. The molecule has 0 aromatic heterocycles. The van der Waals surface area contributed by atoms with Crippen LogP contribution in [0.5, 0.6) is 0 Å². The van der Waals surface area contributed by atoms with Crippen molar-refractivity contribution < 1.29 is 8.42 Å². The van der Waals surface area contributed by atoms with E-state index in [0.717, 1.165) is 6.54 Å². The van der Waals surface area contributed by atoms with E-state index < -0.39 is 10.0 Å². The van der Waals surface area contributed by atoms with Crippen molar-refractivity contribution in [3.63, 3.8) is 0 Å². The minimum absolute atomic E-state index is 0.218. The van der Waals surface area contributed by atoms with Crippen molar-refractivity contribution >= 4 is 10.0 Å². The lowest BCUT2D eigenvalue weighted by Gasteiger charge is -2.14. The molecule has 0 atom stereocenters. The molecule has 66 valence electrons. The molecule has 0 aromatic carbocycles. The predicted octanol–water partition coefficient (Wildman–Crippen LogP) is 0.678. The molecule has 0 heterocycles. The minimum Gasteiger partial charge on any atom is -0.212 e. The second-order valence-electron chi connectivity index (χ2n) is 3.12. The van der Waals surface area contributed by atoms with E-state index in [9.17, 15) is 8.42 Å². The second-order valence-corrected chi connectivity index (χ2v) is 5.49. The Bertz CT molecular complexity index is 219. The summed E-state index contributed by atoms with van der Waals surface area (Å²) in [5.74, 6) is 0.859. The topological polar surface area (TPSA) is 37.4 Å². The fraction of sp³-hybridized carbons (Fsp3) is 1.00. The van der Waals surface area contributed by atoms with E-state index in [4.69, 9.17) is 0 Å². The van der Waals surface area contributed by atoms with Crippen molar-refractivity contribution in [2.75, 3.05) is 19.3 Å². The minimum atomic E-state index is -2.92. The van der Waals surface area contributed by atoms with Gasteiger partial charge < -0.3 is 0 Å². The number of rotatable bonds is 4. The Morgan fingerprint density at radius 1 is 1.45 bits per heavy atom. The quantitative estimate of drug-likeness (QED) is 0.633. The van der Waals surface area contributed by atoms with Crippen LogP contribution in [0, 0.1) is 5.92 Å². The molecule has 3 nitrogen and oxygen atoms in total. The molecule has 1 aliphatic rings. The van der Waals surface area contributed by atoms with Gasteiger partial charge in [0.2, 0.25) is 10.0 Å². The van der Waals surface area contributed by atoms with Crippen molar-refractivity contribution in [3.05, 3.63) is 0 Å². The fourth-order valence-corrected chi connectivity index (χ4v) is 1.88. The molecule has 0 spiro atoms. The molecule has 1 saturated carbocycles. The zero-order chi connectivity index (χ0) is 8.48. The lowest BCUT2D eigenvalue weighted by molar-refractivity contribution is 0.454. The summed E-state index contributed by atoms with van der Waals surface area (Å²) in [6.45, 7) is 2.40. The Kier molecular flexibility index (Phi) is 2.54. The van der Waals surface area contributed by atoms with Gasteiger partial charge in [0.15, 0.2) is 0 Å². The van der Waals surface area contributed by atoms with Crippen LogP contribution >= 0.6 is 0 Å². The van der Waals surface area contributed by atoms with Gasteiger partial charge in [-0.25, -0.2) is 12.7 Å². The highest BCUT2D eigenvalue weighted by Gasteiger charge is 2.26. The van der Waals surface area contributed by atoms with E-state index in [1.165, 1.54) is 17.1 Å². The largest absolute Gasteiger partial charge is 0.213 e. The molecule has 0 radical (unpaired) electrons. The van der Waals surface area contributed by atoms with Gasteiger partial charge in [-0.15, -0.1) is 0 Å². The smallest absolute Gasteiger partial charge is 0.212 e. The molecule has 1 fully saturated rings. The van der Waals surface area contributed by atoms with Crippen LogP contribution in [0.2, 0.25) is 0 Å². The zero-order valence-corrected chi connectivity index (χ0v) is 7.89. The predicted molar refractivity (Wildman–Crippen MR) is 44.8 cm³/mol. The van der Waals surface area contributed by atoms with Crippen molar-refractivity contribution in [2.24, 2.45) is 5.92 Å². The zero-order valence-electron chi connectivity index (χ0n) is 7.08. The maximum atomic E-state index is 11.2. The van der Waals surface area contributed by atoms with Crippen LogP contribution in [0.4, 0.5) is 0 Å². The van der Waals surface area contributed by atoms with Crippen LogP contribution in [0.1, 0.15) is 19.8 Å². The van der Waals surface area contributed by atoms with Gasteiger partial charge in [0.05, 0.1) is 5.75 Å². The Morgan fingerprint density at radius 2 is 2.00 bits per heavy atom. The Morgan fingerprint density at radius 3 is 2.36 bits per heavy atom. The summed E-state index contributed by atoms with van der Waals surface area (Å²) in [6, 6.07) is 0. The van der Waals surface area contributed by atoms with Gasteiger partial charge in [0.25, 0.3) is 0 Å². The summed E-state index contributed by atoms with van der Waals surface area (Å²) in [5, 5.41) is 0. The number of nitrogens with zero attached hydrogens (tertiary/aromatic N) is 1. The Labute approximate surface area is 68.4 Å². The summed E-state index contributed by atoms with van der Waals surface area (Å²) in [7, 11) is -1.26. The molecular formula is C7H15NO2S. The fourth-order valence-electron chi connectivity index (χ4n) is 0.998. The highest BCUT2D eigenvalue weighted by Crippen LogP contribution is 2.29. The summed E-state index contributed by atoms with van der Waals surface area (Å²) in [4.78, 5) is 0. The summed E-state index contributed by atoms with van der Waals surface area (Å²) >= 11 is 0. The van der Waals surface area contributed by atoms with E-state index >= 15 is 0 Å². The summed E-state index contributed by atoms with van der Waals surface area (Å²) in [5.41, 5.74) is 0. The van der Waals surface area contributed by atoms with Gasteiger partial charge in [0, 0.05) is 13.6 Å².